The van der Waals surface area contributed by atoms with E-state index in [-0.39, 0.29) is 6.61 Å². The van der Waals surface area contributed by atoms with Crippen molar-refractivity contribution in [2.45, 2.75) is 20.0 Å². The van der Waals surface area contributed by atoms with Crippen molar-refractivity contribution >= 4 is 10.8 Å². The van der Waals surface area contributed by atoms with Crippen LogP contribution in [0.15, 0.2) is 36.4 Å². The van der Waals surface area contributed by atoms with E-state index in [9.17, 15) is 5.11 Å². The predicted molar refractivity (Wildman–Crippen MR) is 59.2 cm³/mol. The highest BCUT2D eigenvalue weighted by Gasteiger charge is 2.02. The van der Waals surface area contributed by atoms with Crippen LogP contribution >= 0.6 is 0 Å². The second-order valence-corrected chi connectivity index (χ2v) is 3.44. The van der Waals surface area contributed by atoms with Gasteiger partial charge in [-0.15, -0.1) is 0 Å². The summed E-state index contributed by atoms with van der Waals surface area (Å²) in [4.78, 5) is 0. The molecule has 0 radical (unpaired) electrons. The van der Waals surface area contributed by atoms with Gasteiger partial charge >= 0.3 is 0 Å². The van der Waals surface area contributed by atoms with Crippen LogP contribution in [0.4, 0.5) is 0 Å². The van der Waals surface area contributed by atoms with Gasteiger partial charge in [-0.25, -0.2) is 0 Å². The molecule has 2 rings (SSSR count). The molecule has 72 valence electrons. The standard InChI is InChI=1S/C13H14O/c1-2-10-7-8-11(9-14)13-6-4-3-5-12(10)13/h3-8,14H,2,9H2,1H3. The summed E-state index contributed by atoms with van der Waals surface area (Å²) in [7, 11) is 0. The molecular formula is C13H14O. The van der Waals surface area contributed by atoms with Crippen LogP contribution in [0.2, 0.25) is 0 Å². The van der Waals surface area contributed by atoms with Crippen molar-refractivity contribution in [1.29, 1.82) is 0 Å². The average Bonchev–Trinajstić information content (AvgIpc) is 2.27. The number of rotatable bonds is 2. The second-order valence-electron chi connectivity index (χ2n) is 3.44. The Bertz CT molecular complexity index is 403. The molecule has 0 aromatic heterocycles. The van der Waals surface area contributed by atoms with E-state index in [0.29, 0.717) is 0 Å². The smallest absolute Gasteiger partial charge is 0.0687 e. The molecule has 1 nitrogen and oxygen atoms in total. The molecule has 2 aromatic carbocycles. The molecule has 14 heavy (non-hydrogen) atoms. The van der Waals surface area contributed by atoms with Gasteiger partial charge in [-0.2, -0.15) is 0 Å². The maximum atomic E-state index is 9.20. The van der Waals surface area contributed by atoms with Crippen LogP contribution in [-0.4, -0.2) is 5.11 Å². The topological polar surface area (TPSA) is 20.2 Å². The molecular weight excluding hydrogens is 172 g/mol. The van der Waals surface area contributed by atoms with Crippen molar-refractivity contribution in [2.75, 3.05) is 0 Å². The Kier molecular flexibility index (Phi) is 2.51. The van der Waals surface area contributed by atoms with Gasteiger partial charge in [0.1, 0.15) is 0 Å². The molecule has 0 aliphatic heterocycles. The summed E-state index contributed by atoms with van der Waals surface area (Å²) >= 11 is 0. The van der Waals surface area contributed by atoms with Gasteiger partial charge in [-0.05, 0) is 28.3 Å². The molecule has 2 aromatic rings. The third kappa shape index (κ3) is 1.40. The Morgan fingerprint density at radius 3 is 2.07 bits per heavy atom. The summed E-state index contributed by atoms with van der Waals surface area (Å²) in [5, 5.41) is 11.6. The molecule has 0 aliphatic rings. The van der Waals surface area contributed by atoms with Crippen LogP contribution in [0.25, 0.3) is 10.8 Å². The van der Waals surface area contributed by atoms with E-state index < -0.39 is 0 Å². The summed E-state index contributed by atoms with van der Waals surface area (Å²) in [6.45, 7) is 2.27. The lowest BCUT2D eigenvalue weighted by Gasteiger charge is -2.07. The number of aryl methyl sites for hydroxylation is 1. The molecule has 0 unspecified atom stereocenters. The Hall–Kier alpha value is -1.34. The number of benzene rings is 2. The fourth-order valence-electron chi connectivity index (χ4n) is 1.87. The molecule has 0 aliphatic carbocycles. The van der Waals surface area contributed by atoms with Crippen LogP contribution in [0.5, 0.6) is 0 Å². The van der Waals surface area contributed by atoms with E-state index in [1.54, 1.807) is 0 Å². The van der Waals surface area contributed by atoms with Gasteiger partial charge in [0.25, 0.3) is 0 Å². The summed E-state index contributed by atoms with van der Waals surface area (Å²) in [5.74, 6) is 0. The molecule has 0 saturated carbocycles. The number of aliphatic hydroxyl groups excluding tert-OH is 1. The monoisotopic (exact) mass is 186 g/mol. The Balaban J connectivity index is 2.78. The van der Waals surface area contributed by atoms with Gasteiger partial charge < -0.3 is 5.11 Å². The maximum Gasteiger partial charge on any atom is 0.0687 e. The van der Waals surface area contributed by atoms with Crippen molar-refractivity contribution < 1.29 is 5.11 Å². The number of hydrogen-bond acceptors (Lipinski definition) is 1. The number of hydrogen-bond donors (Lipinski definition) is 1. The highest BCUT2D eigenvalue weighted by Crippen LogP contribution is 2.23. The van der Waals surface area contributed by atoms with Crippen LogP contribution < -0.4 is 0 Å². The molecule has 1 heteroatoms. The van der Waals surface area contributed by atoms with E-state index >= 15 is 0 Å². The molecule has 1 N–H and O–H groups in total. The second kappa shape index (κ2) is 3.81. The van der Waals surface area contributed by atoms with E-state index in [0.717, 1.165) is 12.0 Å². The minimum absolute atomic E-state index is 0.116. The zero-order chi connectivity index (χ0) is 9.97. The molecule has 0 bridgehead atoms. The van der Waals surface area contributed by atoms with E-state index in [1.165, 1.54) is 16.3 Å². The molecule has 0 fully saturated rings. The zero-order valence-corrected chi connectivity index (χ0v) is 8.33. The summed E-state index contributed by atoms with van der Waals surface area (Å²) in [5.41, 5.74) is 2.36. The molecule has 0 spiro atoms. The Labute approximate surface area is 84.0 Å². The highest BCUT2D eigenvalue weighted by molar-refractivity contribution is 5.88. The first kappa shape index (κ1) is 9.22. The third-order valence-corrected chi connectivity index (χ3v) is 2.66. The van der Waals surface area contributed by atoms with E-state index in [2.05, 4.69) is 25.1 Å². The van der Waals surface area contributed by atoms with Crippen molar-refractivity contribution in [2.24, 2.45) is 0 Å². The first-order chi connectivity index (χ1) is 6.86. The Morgan fingerprint density at radius 2 is 1.50 bits per heavy atom. The van der Waals surface area contributed by atoms with Gasteiger partial charge in [-0.3, -0.25) is 0 Å². The zero-order valence-electron chi connectivity index (χ0n) is 8.33. The third-order valence-electron chi connectivity index (χ3n) is 2.66. The highest BCUT2D eigenvalue weighted by atomic mass is 16.3. The summed E-state index contributed by atoms with van der Waals surface area (Å²) in [6.07, 6.45) is 1.03. The lowest BCUT2D eigenvalue weighted by molar-refractivity contribution is 0.283. The van der Waals surface area contributed by atoms with Crippen molar-refractivity contribution in [3.63, 3.8) is 0 Å². The normalized spacial score (nSPS) is 10.7. The molecule has 0 atom stereocenters. The van der Waals surface area contributed by atoms with Crippen molar-refractivity contribution in [3.8, 4) is 0 Å². The first-order valence-electron chi connectivity index (χ1n) is 4.97. The largest absolute Gasteiger partial charge is 0.392 e. The van der Waals surface area contributed by atoms with E-state index in [4.69, 9.17) is 0 Å². The lowest BCUT2D eigenvalue weighted by atomic mass is 9.99. The van der Waals surface area contributed by atoms with Gasteiger partial charge in [0.05, 0.1) is 6.61 Å². The fraction of sp³-hybridized carbons (Fsp3) is 0.231. The van der Waals surface area contributed by atoms with Crippen LogP contribution in [0.1, 0.15) is 18.1 Å². The molecule has 0 heterocycles. The van der Waals surface area contributed by atoms with E-state index in [1.807, 2.05) is 18.2 Å². The minimum atomic E-state index is 0.116. The van der Waals surface area contributed by atoms with Gasteiger partial charge in [0, 0.05) is 0 Å². The Morgan fingerprint density at radius 1 is 0.929 bits per heavy atom. The van der Waals surface area contributed by atoms with Crippen molar-refractivity contribution in [3.05, 3.63) is 47.5 Å². The molecule has 0 saturated heterocycles. The average molecular weight is 186 g/mol. The van der Waals surface area contributed by atoms with Crippen LogP contribution in [0.3, 0.4) is 0 Å². The van der Waals surface area contributed by atoms with Crippen LogP contribution in [0, 0.1) is 0 Å². The first-order valence-corrected chi connectivity index (χ1v) is 4.97. The van der Waals surface area contributed by atoms with Gasteiger partial charge in [0.15, 0.2) is 0 Å². The van der Waals surface area contributed by atoms with Gasteiger partial charge in [-0.1, -0.05) is 43.3 Å². The SMILES string of the molecule is CCc1ccc(CO)c2ccccc12. The predicted octanol–water partition coefficient (Wildman–Crippen LogP) is 2.89. The maximum absolute atomic E-state index is 9.20. The molecule has 0 amide bonds. The minimum Gasteiger partial charge on any atom is -0.392 e. The van der Waals surface area contributed by atoms with Crippen LogP contribution in [-0.2, 0) is 13.0 Å². The lowest BCUT2D eigenvalue weighted by Crippen LogP contribution is -1.89. The summed E-state index contributed by atoms with van der Waals surface area (Å²) in [6, 6.07) is 12.4. The van der Waals surface area contributed by atoms with Crippen molar-refractivity contribution in [1.82, 2.24) is 0 Å². The fourth-order valence-corrected chi connectivity index (χ4v) is 1.87. The summed E-state index contributed by atoms with van der Waals surface area (Å²) < 4.78 is 0. The quantitative estimate of drug-likeness (QED) is 0.764. The van der Waals surface area contributed by atoms with Gasteiger partial charge in [0.2, 0.25) is 0 Å². The number of aliphatic hydroxyl groups is 1. The number of fused-ring (bicyclic) bond motifs is 1.